The van der Waals surface area contributed by atoms with Crippen molar-refractivity contribution in [3.63, 3.8) is 0 Å². The van der Waals surface area contributed by atoms with E-state index in [-0.39, 0.29) is 5.41 Å². The second-order valence-corrected chi connectivity index (χ2v) is 13.2. The molecule has 1 aliphatic carbocycles. The number of piperidine rings is 1. The van der Waals surface area contributed by atoms with Gasteiger partial charge in [0, 0.05) is 20.1 Å². The summed E-state index contributed by atoms with van der Waals surface area (Å²) in [6, 6.07) is 14.1. The molecule has 1 saturated carbocycles. The molecule has 0 bridgehead atoms. The van der Waals surface area contributed by atoms with Gasteiger partial charge in [0.15, 0.2) is 0 Å². The predicted molar refractivity (Wildman–Crippen MR) is 140 cm³/mol. The maximum atomic E-state index is 13.7. The minimum atomic E-state index is -3.62. The van der Waals surface area contributed by atoms with E-state index in [0.717, 1.165) is 60.7 Å². The highest BCUT2D eigenvalue weighted by Crippen LogP contribution is 2.52. The van der Waals surface area contributed by atoms with Crippen molar-refractivity contribution in [3.8, 4) is 0 Å². The lowest BCUT2D eigenvalue weighted by Gasteiger charge is -2.46. The number of hydrogen-bond acceptors (Lipinski definition) is 5. The Labute approximate surface area is 214 Å². The average Bonchev–Trinajstić information content (AvgIpc) is 3.37. The number of rotatable bonds is 5. The molecule has 2 aliphatic heterocycles. The number of likely N-dealkylation sites (tertiary alicyclic amines) is 1. The van der Waals surface area contributed by atoms with E-state index in [1.807, 2.05) is 35.9 Å². The number of aryl methyl sites for hydroxylation is 1. The molecule has 0 spiro atoms. The van der Waals surface area contributed by atoms with Gasteiger partial charge in [0.25, 0.3) is 10.0 Å². The Morgan fingerprint density at radius 3 is 2.64 bits per heavy atom. The fourth-order valence-electron chi connectivity index (χ4n) is 6.70. The summed E-state index contributed by atoms with van der Waals surface area (Å²) in [6.45, 7) is 7.89. The Kier molecular flexibility index (Phi) is 5.72. The molecule has 0 unspecified atom stereocenters. The third kappa shape index (κ3) is 3.86. The summed E-state index contributed by atoms with van der Waals surface area (Å²) < 4.78 is 31.1. The lowest BCUT2D eigenvalue weighted by atomic mass is 9.58. The van der Waals surface area contributed by atoms with Gasteiger partial charge in [-0.15, -0.1) is 10.2 Å². The summed E-state index contributed by atoms with van der Waals surface area (Å²) in [5.41, 5.74) is 3.55. The molecule has 7 nitrogen and oxygen atoms in total. The van der Waals surface area contributed by atoms with Gasteiger partial charge in [-0.05, 0) is 79.0 Å². The van der Waals surface area contributed by atoms with Crippen LogP contribution >= 0.6 is 0 Å². The smallest absolute Gasteiger partial charge is 0.264 e. The van der Waals surface area contributed by atoms with E-state index in [2.05, 4.69) is 47.1 Å². The molecular weight excluding hydrogens is 470 g/mol. The minimum absolute atomic E-state index is 0.226. The Morgan fingerprint density at radius 1 is 1.08 bits per heavy atom. The van der Waals surface area contributed by atoms with Gasteiger partial charge in [-0.2, -0.15) is 0 Å². The van der Waals surface area contributed by atoms with Crippen LogP contribution in [-0.2, 0) is 35.6 Å². The minimum Gasteiger partial charge on any atom is -0.320 e. The molecule has 3 aromatic rings. The monoisotopic (exact) mass is 505 g/mol. The molecule has 6 rings (SSSR count). The van der Waals surface area contributed by atoms with E-state index in [0.29, 0.717) is 23.3 Å². The molecule has 1 atom stereocenters. The van der Waals surface area contributed by atoms with Crippen molar-refractivity contribution in [1.29, 1.82) is 0 Å². The van der Waals surface area contributed by atoms with Crippen molar-refractivity contribution in [2.24, 2.45) is 18.9 Å². The summed E-state index contributed by atoms with van der Waals surface area (Å²) in [4.78, 5) is 2.90. The molecule has 1 aromatic heterocycles. The third-order valence-electron chi connectivity index (χ3n) is 8.38. The normalized spacial score (nSPS) is 27.6. The van der Waals surface area contributed by atoms with Gasteiger partial charge in [0.1, 0.15) is 12.2 Å². The van der Waals surface area contributed by atoms with Crippen molar-refractivity contribution >= 4 is 15.7 Å². The van der Waals surface area contributed by atoms with E-state index in [1.54, 1.807) is 10.6 Å². The number of anilines is 1. The molecule has 1 saturated heterocycles. The Hall–Kier alpha value is -2.71. The number of aromatic nitrogens is 3. The number of hydrogen-bond donors (Lipinski definition) is 0. The van der Waals surface area contributed by atoms with Crippen LogP contribution in [0.15, 0.2) is 53.7 Å². The second-order valence-electron chi connectivity index (χ2n) is 11.3. The van der Waals surface area contributed by atoms with Crippen LogP contribution in [0.25, 0.3) is 0 Å². The van der Waals surface area contributed by atoms with Gasteiger partial charge in [-0.1, -0.05) is 38.1 Å². The molecule has 190 valence electrons. The van der Waals surface area contributed by atoms with Crippen LogP contribution in [0, 0.1) is 11.8 Å². The molecule has 36 heavy (non-hydrogen) atoms. The van der Waals surface area contributed by atoms with Crippen LogP contribution in [0.1, 0.15) is 62.0 Å². The van der Waals surface area contributed by atoms with Crippen LogP contribution in [0.5, 0.6) is 0 Å². The van der Waals surface area contributed by atoms with Gasteiger partial charge in [-0.3, -0.25) is 9.21 Å². The number of fused-ring (bicyclic) bond motifs is 1. The van der Waals surface area contributed by atoms with Crippen molar-refractivity contribution in [2.45, 2.75) is 62.9 Å². The van der Waals surface area contributed by atoms with E-state index in [4.69, 9.17) is 0 Å². The first-order chi connectivity index (χ1) is 17.3. The van der Waals surface area contributed by atoms with E-state index < -0.39 is 10.0 Å². The summed E-state index contributed by atoms with van der Waals surface area (Å²) in [5.74, 6) is 2.23. The van der Waals surface area contributed by atoms with Crippen molar-refractivity contribution < 1.29 is 8.42 Å². The topological polar surface area (TPSA) is 71.3 Å². The largest absolute Gasteiger partial charge is 0.320 e. The zero-order valence-corrected chi connectivity index (χ0v) is 22.2. The standard InChI is InChI=1S/C28H35N5O2S/c1-20-6-5-11-32(16-20)17-22-9-10-23-18-33(36(34,35)26(23)12-22)25-8-4-7-24(13-25)28(14-21(2)15-28)27-30-29-19-31(27)3/h4,7-10,12-13,19-21H,5-6,11,14-18H2,1-3H3/t20-,21?,28?/m0/s1. The average molecular weight is 506 g/mol. The van der Waals surface area contributed by atoms with Gasteiger partial charge in [0.05, 0.1) is 22.5 Å². The molecule has 3 heterocycles. The molecule has 3 aliphatic rings. The zero-order chi connectivity index (χ0) is 25.1. The lowest BCUT2D eigenvalue weighted by Crippen LogP contribution is -2.43. The maximum absolute atomic E-state index is 13.7. The van der Waals surface area contributed by atoms with Crippen LogP contribution < -0.4 is 4.31 Å². The Balaban J connectivity index is 1.30. The van der Waals surface area contributed by atoms with Crippen molar-refractivity contribution in [2.75, 3.05) is 17.4 Å². The number of sulfonamides is 1. The number of nitrogens with zero attached hydrogens (tertiary/aromatic N) is 5. The molecule has 8 heteroatoms. The maximum Gasteiger partial charge on any atom is 0.264 e. The second kappa shape index (κ2) is 8.70. The van der Waals surface area contributed by atoms with Crippen molar-refractivity contribution in [3.05, 3.63) is 71.3 Å². The first-order valence-corrected chi connectivity index (χ1v) is 14.5. The quantitative estimate of drug-likeness (QED) is 0.512. The van der Waals surface area contributed by atoms with Gasteiger partial charge in [0.2, 0.25) is 0 Å². The van der Waals surface area contributed by atoms with Gasteiger partial charge >= 0.3 is 0 Å². The van der Waals surface area contributed by atoms with Crippen LogP contribution in [0.3, 0.4) is 0 Å². The summed E-state index contributed by atoms with van der Waals surface area (Å²) in [5, 5.41) is 8.58. The lowest BCUT2D eigenvalue weighted by molar-refractivity contribution is 0.176. The first kappa shape index (κ1) is 23.7. The van der Waals surface area contributed by atoms with E-state index >= 15 is 0 Å². The van der Waals surface area contributed by atoms with Crippen molar-refractivity contribution in [1.82, 2.24) is 19.7 Å². The van der Waals surface area contributed by atoms with E-state index in [1.165, 1.54) is 12.8 Å². The fraction of sp³-hybridized carbons (Fsp3) is 0.500. The predicted octanol–water partition coefficient (Wildman–Crippen LogP) is 4.47. The molecule has 0 radical (unpaired) electrons. The summed E-state index contributed by atoms with van der Waals surface area (Å²) in [6.07, 6.45) is 6.19. The molecule has 2 fully saturated rings. The van der Waals surface area contributed by atoms with Crippen LogP contribution in [0.2, 0.25) is 0 Å². The third-order valence-corrected chi connectivity index (χ3v) is 10.2. The SMILES string of the molecule is CC1CC(c2cccc(N3Cc4ccc(CN5CCC[C@H](C)C5)cc4S3(=O)=O)c2)(c2nncn2C)C1. The first-order valence-electron chi connectivity index (χ1n) is 13.1. The fourth-order valence-corrected chi connectivity index (χ4v) is 8.40. The van der Waals surface area contributed by atoms with E-state index in [9.17, 15) is 8.42 Å². The highest BCUT2D eigenvalue weighted by atomic mass is 32.2. The van der Waals surface area contributed by atoms with Crippen LogP contribution in [-0.4, -0.2) is 41.2 Å². The molecule has 0 amide bonds. The Morgan fingerprint density at radius 2 is 1.92 bits per heavy atom. The number of benzene rings is 2. The molecular formula is C28H35N5O2S. The van der Waals surface area contributed by atoms with Gasteiger partial charge in [-0.25, -0.2) is 8.42 Å². The Bertz CT molecular complexity index is 1390. The highest BCUT2D eigenvalue weighted by Gasteiger charge is 2.48. The molecule has 2 aromatic carbocycles. The zero-order valence-electron chi connectivity index (χ0n) is 21.4. The summed E-state index contributed by atoms with van der Waals surface area (Å²) >= 11 is 0. The highest BCUT2D eigenvalue weighted by molar-refractivity contribution is 7.93. The molecule has 0 N–H and O–H groups in total. The summed E-state index contributed by atoms with van der Waals surface area (Å²) in [7, 11) is -1.64. The van der Waals surface area contributed by atoms with Crippen LogP contribution in [0.4, 0.5) is 5.69 Å². The van der Waals surface area contributed by atoms with Gasteiger partial charge < -0.3 is 4.57 Å².